The summed E-state index contributed by atoms with van der Waals surface area (Å²) in [6, 6.07) is 50.8. The van der Waals surface area contributed by atoms with Gasteiger partial charge in [0.15, 0.2) is 0 Å². The summed E-state index contributed by atoms with van der Waals surface area (Å²) in [6.45, 7) is 0.437. The van der Waals surface area contributed by atoms with Crippen LogP contribution in [-0.4, -0.2) is 11.9 Å². The molecule has 0 aromatic heterocycles. The fourth-order valence-electron chi connectivity index (χ4n) is 8.02. The first-order valence-electron chi connectivity index (χ1n) is 18.8. The topological polar surface area (TPSA) is 59.1 Å². The molecule has 7 aromatic carbocycles. The first kappa shape index (κ1) is 33.4. The lowest BCUT2D eigenvalue weighted by Gasteiger charge is -2.42. The summed E-state index contributed by atoms with van der Waals surface area (Å²) in [5, 5.41) is 4.64. The molecular weight excluding hydrogens is 669 g/mol. The van der Waals surface area contributed by atoms with Gasteiger partial charge in [0.25, 0.3) is 0 Å². The Hall–Kier alpha value is -6.40. The molecular formula is C48H40N2O4. The van der Waals surface area contributed by atoms with Gasteiger partial charge in [-0.15, -0.1) is 0 Å². The summed E-state index contributed by atoms with van der Waals surface area (Å²) >= 11 is 0. The molecule has 6 nitrogen and oxygen atoms in total. The lowest BCUT2D eigenvalue weighted by atomic mass is 9.93. The molecule has 0 N–H and O–H groups in total. The second-order valence-corrected chi connectivity index (χ2v) is 14.1. The van der Waals surface area contributed by atoms with E-state index in [1.165, 1.54) is 21.9 Å². The van der Waals surface area contributed by atoms with E-state index in [9.17, 15) is 9.59 Å². The van der Waals surface area contributed by atoms with Crippen LogP contribution >= 0.6 is 0 Å². The fourth-order valence-corrected chi connectivity index (χ4v) is 8.02. The van der Waals surface area contributed by atoms with Gasteiger partial charge in [0.05, 0.1) is 22.7 Å². The third-order valence-corrected chi connectivity index (χ3v) is 10.7. The lowest BCUT2D eigenvalue weighted by Crippen LogP contribution is -2.24. The minimum Gasteiger partial charge on any atom is -0.461 e. The predicted octanol–water partition coefficient (Wildman–Crippen LogP) is 11.7. The van der Waals surface area contributed by atoms with Gasteiger partial charge in [0, 0.05) is 35.0 Å². The summed E-state index contributed by atoms with van der Waals surface area (Å²) < 4.78 is 11.5. The van der Waals surface area contributed by atoms with Gasteiger partial charge < -0.3 is 19.3 Å². The SMILES string of the molecule is O=C1CCCc2ccccc2CCCC(=O)OCc2ccc(cc2)N2c3ccccc3N(c3ccc(cc3)CO1)c1c2c2ccccc2c2ccccc12. The molecule has 0 unspecified atom stereocenters. The number of para-hydroxylation sites is 2. The third-order valence-electron chi connectivity index (χ3n) is 10.7. The van der Waals surface area contributed by atoms with Crippen molar-refractivity contribution in [1.82, 2.24) is 0 Å². The highest BCUT2D eigenvalue weighted by atomic mass is 16.5. The van der Waals surface area contributed by atoms with E-state index >= 15 is 0 Å². The lowest BCUT2D eigenvalue weighted by molar-refractivity contribution is -0.146. The average molecular weight is 709 g/mol. The van der Waals surface area contributed by atoms with Gasteiger partial charge in [-0.05, 0) is 95.1 Å². The van der Waals surface area contributed by atoms with E-state index in [4.69, 9.17) is 9.47 Å². The van der Waals surface area contributed by atoms with Crippen molar-refractivity contribution in [1.29, 1.82) is 0 Å². The number of benzene rings is 7. The zero-order valence-corrected chi connectivity index (χ0v) is 30.0. The molecule has 0 saturated heterocycles. The van der Waals surface area contributed by atoms with Gasteiger partial charge in [-0.25, -0.2) is 0 Å². The van der Waals surface area contributed by atoms with Crippen LogP contribution in [0.3, 0.4) is 0 Å². The van der Waals surface area contributed by atoms with Crippen molar-refractivity contribution in [3.63, 3.8) is 0 Å². The summed E-state index contributed by atoms with van der Waals surface area (Å²) in [4.78, 5) is 30.5. The van der Waals surface area contributed by atoms with Crippen LogP contribution in [0.1, 0.15) is 47.9 Å². The molecule has 0 atom stereocenters. The maximum absolute atomic E-state index is 12.9. The van der Waals surface area contributed by atoms with E-state index in [-0.39, 0.29) is 25.2 Å². The molecule has 0 saturated carbocycles. The summed E-state index contributed by atoms with van der Waals surface area (Å²) in [5.41, 5.74) is 10.6. The van der Waals surface area contributed by atoms with Crippen LogP contribution in [0, 0.1) is 0 Å². The molecule has 5 heterocycles. The Morgan fingerprint density at radius 3 is 1.19 bits per heavy atom. The van der Waals surface area contributed by atoms with Gasteiger partial charge in [0.1, 0.15) is 13.2 Å². The Labute approximate surface area is 315 Å². The minimum atomic E-state index is -0.203. The van der Waals surface area contributed by atoms with Gasteiger partial charge in [0.2, 0.25) is 0 Å². The predicted molar refractivity (Wildman–Crippen MR) is 216 cm³/mol. The Bertz CT molecular complexity index is 2330. The van der Waals surface area contributed by atoms with Crippen molar-refractivity contribution in [2.24, 2.45) is 0 Å². The van der Waals surface area contributed by atoms with E-state index < -0.39 is 0 Å². The third kappa shape index (κ3) is 6.34. The molecule has 54 heavy (non-hydrogen) atoms. The zero-order chi connectivity index (χ0) is 36.4. The largest absolute Gasteiger partial charge is 0.461 e. The van der Waals surface area contributed by atoms with E-state index in [0.717, 1.165) is 68.9 Å². The van der Waals surface area contributed by atoms with Crippen LogP contribution in [0.2, 0.25) is 0 Å². The molecule has 5 aliphatic rings. The smallest absolute Gasteiger partial charge is 0.306 e. The number of hydrogen-bond acceptors (Lipinski definition) is 6. The number of aryl methyl sites for hydroxylation is 2. The number of rotatable bonds is 0. The second-order valence-electron chi connectivity index (χ2n) is 14.1. The monoisotopic (exact) mass is 708 g/mol. The van der Waals surface area contributed by atoms with Crippen molar-refractivity contribution in [3.05, 3.63) is 168 Å². The molecule has 266 valence electrons. The number of hydrogen-bond donors (Lipinski definition) is 0. The van der Waals surface area contributed by atoms with Gasteiger partial charge in [-0.1, -0.05) is 109 Å². The van der Waals surface area contributed by atoms with Crippen molar-refractivity contribution >= 4 is 67.6 Å². The highest BCUT2D eigenvalue weighted by molar-refractivity contribution is 6.25. The van der Waals surface area contributed by atoms with E-state index in [1.54, 1.807) is 0 Å². The van der Waals surface area contributed by atoms with Gasteiger partial charge >= 0.3 is 11.9 Å². The van der Waals surface area contributed by atoms with Crippen molar-refractivity contribution in [3.8, 4) is 0 Å². The maximum Gasteiger partial charge on any atom is 0.306 e. The van der Waals surface area contributed by atoms with Crippen molar-refractivity contribution in [2.75, 3.05) is 9.80 Å². The number of anilines is 6. The quantitative estimate of drug-likeness (QED) is 0.115. The molecule has 0 spiro atoms. The Morgan fingerprint density at radius 2 is 0.759 bits per heavy atom. The van der Waals surface area contributed by atoms with Crippen LogP contribution in [-0.2, 0) is 45.1 Å². The molecule has 0 aliphatic carbocycles. The number of esters is 2. The highest BCUT2D eigenvalue weighted by Gasteiger charge is 2.34. The van der Waals surface area contributed by atoms with Gasteiger partial charge in [-0.3, -0.25) is 9.59 Å². The molecule has 12 rings (SSSR count). The van der Waals surface area contributed by atoms with Gasteiger partial charge in [-0.2, -0.15) is 0 Å². The minimum absolute atomic E-state index is 0.203. The molecule has 6 bridgehead atoms. The normalized spacial score (nSPS) is 15.1. The number of carbonyl (C=O) groups is 2. The first-order valence-corrected chi connectivity index (χ1v) is 18.8. The van der Waals surface area contributed by atoms with E-state index in [1.807, 2.05) is 12.1 Å². The second kappa shape index (κ2) is 14.6. The summed E-state index contributed by atoms with van der Waals surface area (Å²) in [7, 11) is 0. The summed E-state index contributed by atoms with van der Waals surface area (Å²) in [5.74, 6) is -0.406. The Balaban J connectivity index is 1.16. The number of nitrogens with zero attached hydrogens (tertiary/aromatic N) is 2. The zero-order valence-electron chi connectivity index (χ0n) is 30.0. The highest BCUT2D eigenvalue weighted by Crippen LogP contribution is 2.58. The van der Waals surface area contributed by atoms with Crippen LogP contribution in [0.15, 0.2) is 146 Å². The molecule has 0 fully saturated rings. The van der Waals surface area contributed by atoms with Crippen LogP contribution in [0.5, 0.6) is 0 Å². The summed E-state index contributed by atoms with van der Waals surface area (Å²) in [6.07, 6.45) is 3.64. The van der Waals surface area contributed by atoms with E-state index in [0.29, 0.717) is 25.7 Å². The average Bonchev–Trinajstić information content (AvgIpc) is 3.22. The van der Waals surface area contributed by atoms with Crippen LogP contribution in [0.25, 0.3) is 21.5 Å². The Kier molecular flexibility index (Phi) is 9.01. The number of carbonyl (C=O) groups excluding carboxylic acids is 2. The fraction of sp³-hybridized carbons (Fsp3) is 0.167. The van der Waals surface area contributed by atoms with Crippen molar-refractivity contribution < 1.29 is 19.1 Å². The van der Waals surface area contributed by atoms with Crippen LogP contribution in [0.4, 0.5) is 34.1 Å². The first-order chi connectivity index (χ1) is 26.6. The molecule has 0 radical (unpaired) electrons. The number of ether oxygens (including phenoxy) is 2. The van der Waals surface area contributed by atoms with Crippen LogP contribution < -0.4 is 9.80 Å². The maximum atomic E-state index is 12.9. The molecule has 0 amide bonds. The molecule has 6 heteroatoms. The molecule has 5 aliphatic heterocycles. The standard InChI is InChI=1S/C48H40N2O4/c51-45-21-9-13-35-11-1-2-12-36(35)14-10-22-46(52)54-32-34-25-29-38(30-26-34)50-44-20-8-7-19-43(44)49(37-27-23-33(24-28-37)31-53-45)47-41-17-5-3-15-39(41)40-16-4-6-18-42(40)48(47)50/h1-8,11-12,15-20,23-30H,9-10,13-14,21-22,31-32H2. The van der Waals surface area contributed by atoms with E-state index in [2.05, 4.69) is 143 Å². The Morgan fingerprint density at radius 1 is 0.389 bits per heavy atom. The molecule has 7 aromatic rings. The number of fused-ring (bicyclic) bond motifs is 5. The van der Waals surface area contributed by atoms with Crippen molar-refractivity contribution in [2.45, 2.75) is 51.7 Å².